The molecule has 3 rings (SSSR count). The molecule has 0 fully saturated rings. The molecule has 27 heavy (non-hydrogen) atoms. The summed E-state index contributed by atoms with van der Waals surface area (Å²) in [6.45, 7) is 0.344. The van der Waals surface area contributed by atoms with Crippen LogP contribution in [-0.4, -0.2) is 11.8 Å². The molecule has 3 aromatic rings. The summed E-state index contributed by atoms with van der Waals surface area (Å²) in [5, 5.41) is 2.45. The molecule has 0 unspecified atom stereocenters. The van der Waals surface area contributed by atoms with E-state index in [2.05, 4.69) is 5.32 Å². The first-order valence-electron chi connectivity index (χ1n) is 8.57. The summed E-state index contributed by atoms with van der Waals surface area (Å²) in [7, 11) is 0. The Bertz CT molecular complexity index is 914. The van der Waals surface area contributed by atoms with Crippen LogP contribution in [0.4, 0.5) is 15.8 Å². The van der Waals surface area contributed by atoms with Crippen molar-refractivity contribution in [3.05, 3.63) is 96.3 Å². The monoisotopic (exact) mass is 362 g/mol. The van der Waals surface area contributed by atoms with Crippen LogP contribution in [0.15, 0.2) is 84.9 Å². The van der Waals surface area contributed by atoms with Gasteiger partial charge < -0.3 is 10.2 Å². The van der Waals surface area contributed by atoms with Crippen LogP contribution in [-0.2, 0) is 16.1 Å². The van der Waals surface area contributed by atoms with Crippen LogP contribution in [0.1, 0.15) is 12.0 Å². The number of nitrogens with zero attached hydrogens (tertiary/aromatic N) is 1. The van der Waals surface area contributed by atoms with Crippen molar-refractivity contribution < 1.29 is 14.0 Å². The van der Waals surface area contributed by atoms with Crippen LogP contribution < -0.4 is 10.2 Å². The van der Waals surface area contributed by atoms with E-state index in [1.54, 1.807) is 11.0 Å². The molecule has 0 aliphatic carbocycles. The number of para-hydroxylation sites is 2. The molecule has 4 nitrogen and oxygen atoms in total. The van der Waals surface area contributed by atoms with E-state index in [9.17, 15) is 14.0 Å². The molecule has 0 bridgehead atoms. The molecule has 0 saturated heterocycles. The average molecular weight is 362 g/mol. The van der Waals surface area contributed by atoms with Gasteiger partial charge in [0.25, 0.3) is 0 Å². The second-order valence-corrected chi connectivity index (χ2v) is 6.01. The maximum absolute atomic E-state index is 13.7. The average Bonchev–Trinajstić information content (AvgIpc) is 2.69. The van der Waals surface area contributed by atoms with Gasteiger partial charge in [0.1, 0.15) is 12.2 Å². The van der Waals surface area contributed by atoms with Gasteiger partial charge in [0, 0.05) is 5.69 Å². The van der Waals surface area contributed by atoms with Crippen LogP contribution in [0.5, 0.6) is 0 Å². The highest BCUT2D eigenvalue weighted by molar-refractivity contribution is 6.09. The molecule has 3 aromatic carbocycles. The van der Waals surface area contributed by atoms with Crippen molar-refractivity contribution in [2.45, 2.75) is 13.0 Å². The van der Waals surface area contributed by atoms with Gasteiger partial charge in [-0.15, -0.1) is 0 Å². The van der Waals surface area contributed by atoms with E-state index in [1.165, 1.54) is 18.2 Å². The molecular weight excluding hydrogens is 343 g/mol. The Balaban J connectivity index is 1.74. The van der Waals surface area contributed by atoms with Gasteiger partial charge in [-0.2, -0.15) is 0 Å². The van der Waals surface area contributed by atoms with Crippen LogP contribution in [0.25, 0.3) is 0 Å². The Labute approximate surface area is 157 Å². The number of amides is 2. The van der Waals surface area contributed by atoms with Gasteiger partial charge in [-0.25, -0.2) is 4.39 Å². The molecule has 136 valence electrons. The van der Waals surface area contributed by atoms with E-state index in [1.807, 2.05) is 60.7 Å². The summed E-state index contributed by atoms with van der Waals surface area (Å²) in [6, 6.07) is 24.6. The Morgan fingerprint density at radius 1 is 0.815 bits per heavy atom. The SMILES string of the molecule is O=C(CC(=O)N(Cc1ccccc1)c1ccccc1)Nc1ccccc1F. The van der Waals surface area contributed by atoms with Crippen LogP contribution in [0.2, 0.25) is 0 Å². The van der Waals surface area contributed by atoms with Crippen molar-refractivity contribution in [3.63, 3.8) is 0 Å². The van der Waals surface area contributed by atoms with E-state index < -0.39 is 11.7 Å². The minimum absolute atomic E-state index is 0.0598. The zero-order chi connectivity index (χ0) is 19.1. The van der Waals surface area contributed by atoms with Gasteiger partial charge in [0.15, 0.2) is 0 Å². The summed E-state index contributed by atoms with van der Waals surface area (Å²) in [5.41, 5.74) is 1.71. The fourth-order valence-electron chi connectivity index (χ4n) is 2.69. The lowest BCUT2D eigenvalue weighted by Gasteiger charge is -2.23. The number of rotatable bonds is 6. The second-order valence-electron chi connectivity index (χ2n) is 6.01. The van der Waals surface area contributed by atoms with Crippen molar-refractivity contribution in [1.29, 1.82) is 0 Å². The third kappa shape index (κ3) is 5.01. The summed E-state index contributed by atoms with van der Waals surface area (Å²) in [6.07, 6.45) is -0.379. The topological polar surface area (TPSA) is 49.4 Å². The highest BCUT2D eigenvalue weighted by atomic mass is 19.1. The predicted octanol–water partition coefficient (Wildman–Crippen LogP) is 4.39. The zero-order valence-corrected chi connectivity index (χ0v) is 14.6. The number of carbonyl (C=O) groups excluding carboxylic acids is 2. The van der Waals surface area contributed by atoms with E-state index in [4.69, 9.17) is 0 Å². The largest absolute Gasteiger partial charge is 0.323 e. The summed E-state index contributed by atoms with van der Waals surface area (Å²) < 4.78 is 13.7. The number of carbonyl (C=O) groups is 2. The Hall–Kier alpha value is -3.47. The minimum Gasteiger partial charge on any atom is -0.323 e. The lowest BCUT2D eigenvalue weighted by Crippen LogP contribution is -2.33. The molecule has 0 aliphatic heterocycles. The summed E-state index contributed by atoms with van der Waals surface area (Å²) >= 11 is 0. The van der Waals surface area contributed by atoms with Gasteiger partial charge in [0.05, 0.1) is 12.2 Å². The molecule has 2 amide bonds. The molecule has 0 atom stereocenters. The first-order chi connectivity index (χ1) is 13.1. The highest BCUT2D eigenvalue weighted by Crippen LogP contribution is 2.19. The van der Waals surface area contributed by atoms with E-state index in [-0.39, 0.29) is 18.0 Å². The molecular formula is C22H19FN2O2. The third-order valence-corrected chi connectivity index (χ3v) is 4.01. The van der Waals surface area contributed by atoms with Gasteiger partial charge in [-0.1, -0.05) is 60.7 Å². The minimum atomic E-state index is -0.556. The number of nitrogens with one attached hydrogen (secondary N) is 1. The van der Waals surface area contributed by atoms with Gasteiger partial charge in [-0.3, -0.25) is 9.59 Å². The Kier molecular flexibility index (Phi) is 5.94. The molecule has 0 spiro atoms. The maximum atomic E-state index is 13.7. The number of hydrogen-bond donors (Lipinski definition) is 1. The quantitative estimate of drug-likeness (QED) is 0.661. The first-order valence-corrected chi connectivity index (χ1v) is 8.57. The fourth-order valence-corrected chi connectivity index (χ4v) is 2.69. The number of anilines is 2. The molecule has 0 heterocycles. The molecule has 5 heteroatoms. The van der Waals surface area contributed by atoms with Crippen molar-refractivity contribution in [2.24, 2.45) is 0 Å². The molecule has 0 aromatic heterocycles. The second kappa shape index (κ2) is 8.76. The summed E-state index contributed by atoms with van der Waals surface area (Å²) in [5.74, 6) is -1.46. The van der Waals surface area contributed by atoms with Crippen LogP contribution >= 0.6 is 0 Å². The Morgan fingerprint density at radius 2 is 1.41 bits per heavy atom. The maximum Gasteiger partial charge on any atom is 0.236 e. The van der Waals surface area contributed by atoms with E-state index in [0.29, 0.717) is 12.2 Å². The lowest BCUT2D eigenvalue weighted by molar-refractivity contribution is -0.125. The van der Waals surface area contributed by atoms with Gasteiger partial charge in [-0.05, 0) is 29.8 Å². The summed E-state index contributed by atoms with van der Waals surface area (Å²) in [4.78, 5) is 26.6. The standard InChI is InChI=1S/C22H19FN2O2/c23-19-13-7-8-14-20(19)24-21(26)15-22(27)25(18-11-5-2-6-12-18)16-17-9-3-1-4-10-17/h1-14H,15-16H2,(H,24,26). The lowest BCUT2D eigenvalue weighted by atomic mass is 10.1. The van der Waals surface area contributed by atoms with Crippen molar-refractivity contribution in [3.8, 4) is 0 Å². The Morgan fingerprint density at radius 3 is 2.07 bits per heavy atom. The number of halogens is 1. The van der Waals surface area contributed by atoms with Gasteiger partial charge >= 0.3 is 0 Å². The smallest absolute Gasteiger partial charge is 0.236 e. The predicted molar refractivity (Wildman–Crippen MR) is 104 cm³/mol. The molecule has 0 saturated carbocycles. The fraction of sp³-hybridized carbons (Fsp3) is 0.0909. The normalized spacial score (nSPS) is 10.3. The third-order valence-electron chi connectivity index (χ3n) is 4.01. The van der Waals surface area contributed by atoms with E-state index >= 15 is 0 Å². The molecule has 0 aliphatic rings. The van der Waals surface area contributed by atoms with Crippen LogP contribution in [0, 0.1) is 5.82 Å². The van der Waals surface area contributed by atoms with Crippen LogP contribution in [0.3, 0.4) is 0 Å². The zero-order valence-electron chi connectivity index (χ0n) is 14.6. The van der Waals surface area contributed by atoms with E-state index in [0.717, 1.165) is 5.56 Å². The molecule has 1 N–H and O–H groups in total. The van der Waals surface area contributed by atoms with Crippen molar-refractivity contribution in [1.82, 2.24) is 0 Å². The first kappa shape index (κ1) is 18.3. The number of hydrogen-bond acceptors (Lipinski definition) is 2. The molecule has 0 radical (unpaired) electrons. The van der Waals surface area contributed by atoms with Crippen molar-refractivity contribution >= 4 is 23.2 Å². The van der Waals surface area contributed by atoms with Gasteiger partial charge in [0.2, 0.25) is 11.8 Å². The number of benzene rings is 3. The highest BCUT2D eigenvalue weighted by Gasteiger charge is 2.20. The van der Waals surface area contributed by atoms with Crippen molar-refractivity contribution in [2.75, 3.05) is 10.2 Å².